The first-order chi connectivity index (χ1) is 15.7. The smallest absolute Gasteiger partial charge is 0.224 e. The first kappa shape index (κ1) is 20.2. The van der Waals surface area contributed by atoms with E-state index in [-0.39, 0.29) is 23.6 Å². The molecule has 32 heavy (non-hydrogen) atoms. The molecule has 5 rings (SSSR count). The molecule has 0 aliphatic heterocycles. The van der Waals surface area contributed by atoms with Gasteiger partial charge in [0.25, 0.3) is 0 Å². The zero-order valence-electron chi connectivity index (χ0n) is 17.6. The van der Waals surface area contributed by atoms with Gasteiger partial charge in [-0.05, 0) is 52.3 Å². The van der Waals surface area contributed by atoms with Crippen LogP contribution in [0.1, 0.15) is 29.0 Å². The molecule has 0 spiro atoms. The molecular formula is C27H24FN3O. The van der Waals surface area contributed by atoms with Gasteiger partial charge in [0.15, 0.2) is 0 Å². The SMILES string of the molecule is O=C(NCc1ccccc1-c1ccc(Cn2ccnc2)cc1)C1CC1c1cccc(F)c1. The van der Waals surface area contributed by atoms with Crippen molar-refractivity contribution in [2.45, 2.75) is 25.4 Å². The summed E-state index contributed by atoms with van der Waals surface area (Å²) in [4.78, 5) is 16.8. The molecule has 1 saturated carbocycles. The van der Waals surface area contributed by atoms with E-state index in [2.05, 4.69) is 40.6 Å². The van der Waals surface area contributed by atoms with Gasteiger partial charge in [-0.2, -0.15) is 0 Å². The summed E-state index contributed by atoms with van der Waals surface area (Å²) in [6.45, 7) is 1.25. The molecule has 4 nitrogen and oxygen atoms in total. The predicted octanol–water partition coefficient (Wildman–Crippen LogP) is 5.16. The van der Waals surface area contributed by atoms with Gasteiger partial charge >= 0.3 is 0 Å². The molecule has 1 N–H and O–H groups in total. The third kappa shape index (κ3) is 4.47. The highest BCUT2D eigenvalue weighted by atomic mass is 19.1. The Hall–Kier alpha value is -3.73. The van der Waals surface area contributed by atoms with Crippen molar-refractivity contribution in [2.75, 3.05) is 0 Å². The third-order valence-electron chi connectivity index (χ3n) is 6.06. The summed E-state index contributed by atoms with van der Waals surface area (Å²) in [6, 6.07) is 23.2. The quantitative estimate of drug-likeness (QED) is 0.445. The van der Waals surface area contributed by atoms with Gasteiger partial charge in [0.05, 0.1) is 6.33 Å². The lowest BCUT2D eigenvalue weighted by atomic mass is 9.98. The minimum absolute atomic E-state index is 0.0322. The van der Waals surface area contributed by atoms with Crippen LogP contribution in [0.5, 0.6) is 0 Å². The fourth-order valence-corrected chi connectivity index (χ4v) is 4.24. The number of hydrogen-bond acceptors (Lipinski definition) is 2. The molecule has 1 aliphatic rings. The molecule has 1 aliphatic carbocycles. The van der Waals surface area contributed by atoms with Gasteiger partial charge in [0.1, 0.15) is 5.82 Å². The summed E-state index contributed by atoms with van der Waals surface area (Å²) < 4.78 is 15.5. The van der Waals surface area contributed by atoms with Crippen LogP contribution in [0.25, 0.3) is 11.1 Å². The summed E-state index contributed by atoms with van der Waals surface area (Å²) >= 11 is 0. The van der Waals surface area contributed by atoms with E-state index in [0.29, 0.717) is 6.54 Å². The first-order valence-electron chi connectivity index (χ1n) is 10.8. The second kappa shape index (κ2) is 8.79. The highest BCUT2D eigenvalue weighted by molar-refractivity contribution is 5.83. The van der Waals surface area contributed by atoms with Gasteiger partial charge in [-0.25, -0.2) is 9.37 Å². The summed E-state index contributed by atoms with van der Waals surface area (Å²) in [6.07, 6.45) is 6.31. The molecule has 0 saturated heterocycles. The highest BCUT2D eigenvalue weighted by Gasteiger charge is 2.43. The fourth-order valence-electron chi connectivity index (χ4n) is 4.24. The molecule has 2 unspecified atom stereocenters. The van der Waals surface area contributed by atoms with Crippen molar-refractivity contribution in [2.24, 2.45) is 5.92 Å². The number of benzene rings is 3. The number of halogens is 1. The maximum Gasteiger partial charge on any atom is 0.224 e. The second-order valence-corrected chi connectivity index (χ2v) is 8.31. The van der Waals surface area contributed by atoms with Gasteiger partial charge in [0.2, 0.25) is 5.91 Å². The maximum absolute atomic E-state index is 13.5. The van der Waals surface area contributed by atoms with Gasteiger partial charge in [-0.15, -0.1) is 0 Å². The van der Waals surface area contributed by atoms with Crippen molar-refractivity contribution < 1.29 is 9.18 Å². The zero-order chi connectivity index (χ0) is 21.9. The number of nitrogens with zero attached hydrogens (tertiary/aromatic N) is 2. The largest absolute Gasteiger partial charge is 0.352 e. The van der Waals surface area contributed by atoms with E-state index in [4.69, 9.17) is 0 Å². The number of carbonyl (C=O) groups excluding carboxylic acids is 1. The lowest BCUT2D eigenvalue weighted by Gasteiger charge is -2.12. The van der Waals surface area contributed by atoms with E-state index in [1.165, 1.54) is 17.7 Å². The number of amides is 1. The van der Waals surface area contributed by atoms with Gasteiger partial charge in [-0.1, -0.05) is 60.7 Å². The van der Waals surface area contributed by atoms with Crippen LogP contribution >= 0.6 is 0 Å². The summed E-state index contributed by atoms with van der Waals surface area (Å²) in [5, 5.41) is 3.08. The molecular weight excluding hydrogens is 401 g/mol. The van der Waals surface area contributed by atoms with Crippen LogP contribution in [0, 0.1) is 11.7 Å². The Bertz CT molecular complexity index is 1220. The average molecular weight is 426 g/mol. The Labute approximate surface area is 186 Å². The van der Waals surface area contributed by atoms with Crippen LogP contribution in [-0.4, -0.2) is 15.5 Å². The van der Waals surface area contributed by atoms with Crippen molar-refractivity contribution in [3.8, 4) is 11.1 Å². The van der Waals surface area contributed by atoms with Crippen LogP contribution in [0.4, 0.5) is 4.39 Å². The number of aromatic nitrogens is 2. The number of rotatable bonds is 7. The molecule has 5 heteroatoms. The fraction of sp³-hybridized carbons (Fsp3) is 0.185. The number of imidazole rings is 1. The predicted molar refractivity (Wildman–Crippen MR) is 122 cm³/mol. The molecule has 0 radical (unpaired) electrons. The summed E-state index contributed by atoms with van der Waals surface area (Å²) in [7, 11) is 0. The Morgan fingerprint density at radius 3 is 2.69 bits per heavy atom. The van der Waals surface area contributed by atoms with Gasteiger partial charge < -0.3 is 9.88 Å². The molecule has 3 aromatic carbocycles. The molecule has 1 amide bonds. The first-order valence-corrected chi connectivity index (χ1v) is 10.8. The van der Waals surface area contributed by atoms with Crippen LogP contribution in [0.3, 0.4) is 0 Å². The number of carbonyl (C=O) groups is 1. The maximum atomic E-state index is 13.5. The monoisotopic (exact) mass is 425 g/mol. The van der Waals surface area contributed by atoms with Crippen LogP contribution < -0.4 is 5.32 Å². The summed E-state index contributed by atoms with van der Waals surface area (Å²) in [5.41, 5.74) is 5.41. The highest BCUT2D eigenvalue weighted by Crippen LogP contribution is 2.47. The number of nitrogens with one attached hydrogen (secondary N) is 1. The number of hydrogen-bond donors (Lipinski definition) is 1. The Morgan fingerprint density at radius 2 is 1.91 bits per heavy atom. The Balaban J connectivity index is 1.24. The van der Waals surface area contributed by atoms with Gasteiger partial charge in [-0.3, -0.25) is 4.79 Å². The lowest BCUT2D eigenvalue weighted by molar-refractivity contribution is -0.122. The second-order valence-electron chi connectivity index (χ2n) is 8.31. The van der Waals surface area contributed by atoms with Crippen LogP contribution in [0.2, 0.25) is 0 Å². The van der Waals surface area contributed by atoms with Crippen molar-refractivity contribution >= 4 is 5.91 Å². The van der Waals surface area contributed by atoms with Crippen LogP contribution in [0.15, 0.2) is 91.5 Å². The Morgan fingerprint density at radius 1 is 1.06 bits per heavy atom. The van der Waals surface area contributed by atoms with Crippen molar-refractivity contribution in [1.29, 1.82) is 0 Å². The van der Waals surface area contributed by atoms with E-state index < -0.39 is 0 Å². The molecule has 2 atom stereocenters. The van der Waals surface area contributed by atoms with Crippen molar-refractivity contribution in [3.05, 3.63) is 114 Å². The summed E-state index contributed by atoms with van der Waals surface area (Å²) in [5.74, 6) is -0.182. The minimum Gasteiger partial charge on any atom is -0.352 e. The van der Waals surface area contributed by atoms with E-state index in [0.717, 1.165) is 35.2 Å². The standard InChI is InChI=1S/C27H24FN3O/c28-23-6-3-5-21(14-23)25-15-26(25)27(32)30-16-22-4-1-2-7-24(22)20-10-8-19(9-11-20)17-31-13-12-29-18-31/h1-14,18,25-26H,15-17H2,(H,30,32). The topological polar surface area (TPSA) is 46.9 Å². The van der Waals surface area contributed by atoms with E-state index in [9.17, 15) is 9.18 Å². The van der Waals surface area contributed by atoms with E-state index >= 15 is 0 Å². The average Bonchev–Trinajstić information content (AvgIpc) is 3.47. The molecule has 0 bridgehead atoms. The van der Waals surface area contributed by atoms with Crippen LogP contribution in [-0.2, 0) is 17.9 Å². The van der Waals surface area contributed by atoms with Crippen molar-refractivity contribution in [3.63, 3.8) is 0 Å². The minimum atomic E-state index is -0.251. The van der Waals surface area contributed by atoms with Crippen molar-refractivity contribution in [1.82, 2.24) is 14.9 Å². The zero-order valence-corrected chi connectivity index (χ0v) is 17.6. The molecule has 160 valence electrons. The van der Waals surface area contributed by atoms with E-state index in [1.54, 1.807) is 12.3 Å². The van der Waals surface area contributed by atoms with E-state index in [1.807, 2.05) is 41.4 Å². The Kier molecular flexibility index (Phi) is 5.55. The molecule has 1 fully saturated rings. The molecule has 4 aromatic rings. The lowest BCUT2D eigenvalue weighted by Crippen LogP contribution is -2.25. The third-order valence-corrected chi connectivity index (χ3v) is 6.06. The van der Waals surface area contributed by atoms with Gasteiger partial charge in [0, 0.05) is 31.4 Å². The normalized spacial score (nSPS) is 17.2. The molecule has 1 aromatic heterocycles. The molecule has 1 heterocycles.